The smallest absolute Gasteiger partial charge is 0.273 e. The van der Waals surface area contributed by atoms with Gasteiger partial charge in [0.1, 0.15) is 6.04 Å². The molecule has 8 heteroatoms. The first-order valence-corrected chi connectivity index (χ1v) is 6.76. The zero-order valence-corrected chi connectivity index (χ0v) is 11.9. The molecule has 1 fully saturated rings. The monoisotopic (exact) mass is 295 g/mol. The van der Waals surface area contributed by atoms with E-state index in [2.05, 4.69) is 20.6 Å². The first-order chi connectivity index (χ1) is 9.54. The lowest BCUT2D eigenvalue weighted by Gasteiger charge is -2.08. The molecule has 1 aliphatic carbocycles. The normalized spacial score (nSPS) is 16.1. The maximum Gasteiger partial charge on any atom is 0.273 e. The molecule has 0 aromatic carbocycles. The van der Waals surface area contributed by atoms with Gasteiger partial charge in [-0.15, -0.1) is 0 Å². The molecule has 3 rings (SSSR count). The van der Waals surface area contributed by atoms with Gasteiger partial charge in [0.15, 0.2) is 11.5 Å². The van der Waals surface area contributed by atoms with Crippen molar-refractivity contribution in [1.29, 1.82) is 0 Å². The van der Waals surface area contributed by atoms with Crippen LogP contribution >= 0.6 is 11.6 Å². The molecule has 1 saturated carbocycles. The average Bonchev–Trinajstić information content (AvgIpc) is 3.02. The summed E-state index contributed by atoms with van der Waals surface area (Å²) in [5, 5.41) is 11.0. The van der Waals surface area contributed by atoms with Gasteiger partial charge in [0.2, 0.25) is 5.89 Å². The molecule has 2 heterocycles. The van der Waals surface area contributed by atoms with Crippen molar-refractivity contribution in [2.24, 2.45) is 7.05 Å². The van der Waals surface area contributed by atoms with Crippen LogP contribution in [-0.2, 0) is 7.05 Å². The molecule has 7 nitrogen and oxygen atoms in total. The first-order valence-electron chi connectivity index (χ1n) is 6.38. The fourth-order valence-electron chi connectivity index (χ4n) is 1.87. The molecule has 0 aliphatic heterocycles. The minimum atomic E-state index is -0.388. The molecule has 0 spiro atoms. The summed E-state index contributed by atoms with van der Waals surface area (Å²) in [4.78, 5) is 16.3. The molecule has 1 aliphatic rings. The topological polar surface area (TPSA) is 85.8 Å². The molecule has 2 aromatic heterocycles. The molecular weight excluding hydrogens is 282 g/mol. The number of hydrogen-bond donors (Lipinski definition) is 1. The van der Waals surface area contributed by atoms with Crippen molar-refractivity contribution in [2.45, 2.75) is 31.7 Å². The lowest BCUT2D eigenvalue weighted by molar-refractivity contribution is 0.0927. The second kappa shape index (κ2) is 4.90. The van der Waals surface area contributed by atoms with E-state index in [0.29, 0.717) is 16.8 Å². The van der Waals surface area contributed by atoms with Crippen LogP contribution < -0.4 is 5.32 Å². The fraction of sp³-hybridized carbons (Fsp3) is 0.500. The Balaban J connectivity index is 1.69. The van der Waals surface area contributed by atoms with Gasteiger partial charge in [0.25, 0.3) is 5.91 Å². The lowest BCUT2D eigenvalue weighted by atomic mass is 10.3. The molecule has 0 saturated heterocycles. The highest BCUT2D eigenvalue weighted by molar-refractivity contribution is 6.33. The zero-order chi connectivity index (χ0) is 14.3. The number of aromatic nitrogens is 4. The summed E-state index contributed by atoms with van der Waals surface area (Å²) in [7, 11) is 1.70. The second-order valence-corrected chi connectivity index (χ2v) is 5.37. The third kappa shape index (κ3) is 2.53. The number of halogens is 1. The molecule has 2 aromatic rings. The summed E-state index contributed by atoms with van der Waals surface area (Å²) >= 11 is 5.93. The molecule has 0 unspecified atom stereocenters. The Morgan fingerprint density at radius 3 is 2.95 bits per heavy atom. The summed E-state index contributed by atoms with van der Waals surface area (Å²) in [5.41, 5.74) is 0.183. The number of carbonyl (C=O) groups excluding carboxylic acids is 1. The number of nitrogens with one attached hydrogen (secondary N) is 1. The first kappa shape index (κ1) is 13.1. The Kier molecular flexibility index (Phi) is 3.21. The van der Waals surface area contributed by atoms with Crippen molar-refractivity contribution in [3.63, 3.8) is 0 Å². The Hall–Kier alpha value is -1.89. The minimum Gasteiger partial charge on any atom is -0.339 e. The van der Waals surface area contributed by atoms with E-state index in [1.165, 1.54) is 4.68 Å². The highest BCUT2D eigenvalue weighted by Crippen LogP contribution is 2.38. The van der Waals surface area contributed by atoms with E-state index in [-0.39, 0.29) is 17.6 Å². The Morgan fingerprint density at radius 2 is 2.35 bits per heavy atom. The van der Waals surface area contributed by atoms with Crippen LogP contribution in [0.25, 0.3) is 0 Å². The third-order valence-electron chi connectivity index (χ3n) is 3.12. The summed E-state index contributed by atoms with van der Waals surface area (Å²) in [6.45, 7) is 1.78. The van der Waals surface area contributed by atoms with Crippen LogP contribution in [0.3, 0.4) is 0 Å². The molecule has 0 radical (unpaired) electrons. The summed E-state index contributed by atoms with van der Waals surface area (Å²) in [6.07, 6.45) is 3.77. The van der Waals surface area contributed by atoms with E-state index in [1.807, 2.05) is 0 Å². The van der Waals surface area contributed by atoms with Crippen molar-refractivity contribution in [2.75, 3.05) is 0 Å². The van der Waals surface area contributed by atoms with E-state index in [0.717, 1.165) is 18.7 Å². The van der Waals surface area contributed by atoms with E-state index in [4.69, 9.17) is 16.1 Å². The fourth-order valence-corrected chi connectivity index (χ4v) is 2.14. The standard InChI is InChI=1S/C12H14ClN5O2/c1-6(12-15-10(17-20-12)7-3-4-7)14-11(19)9-8(13)5-18(2)16-9/h5-7H,3-4H2,1-2H3,(H,14,19)/t6-/m1/s1. The maximum absolute atomic E-state index is 12.1. The van der Waals surface area contributed by atoms with E-state index >= 15 is 0 Å². The van der Waals surface area contributed by atoms with Crippen LogP contribution in [0.15, 0.2) is 10.7 Å². The van der Waals surface area contributed by atoms with Crippen LogP contribution in [-0.4, -0.2) is 25.8 Å². The third-order valence-corrected chi connectivity index (χ3v) is 3.39. The van der Waals surface area contributed by atoms with E-state index in [9.17, 15) is 4.79 Å². The number of carbonyl (C=O) groups is 1. The highest BCUT2D eigenvalue weighted by atomic mass is 35.5. The van der Waals surface area contributed by atoms with Crippen LogP contribution in [0.1, 0.15) is 53.9 Å². The zero-order valence-electron chi connectivity index (χ0n) is 11.1. The van der Waals surface area contributed by atoms with Crippen molar-refractivity contribution in [1.82, 2.24) is 25.2 Å². The van der Waals surface area contributed by atoms with Gasteiger partial charge in [-0.3, -0.25) is 9.48 Å². The van der Waals surface area contributed by atoms with E-state index < -0.39 is 0 Å². The lowest BCUT2D eigenvalue weighted by Crippen LogP contribution is -2.27. The SMILES string of the molecule is C[C@@H](NC(=O)c1nn(C)cc1Cl)c1nc(C2CC2)no1. The number of aryl methyl sites for hydroxylation is 1. The summed E-state index contributed by atoms with van der Waals surface area (Å²) < 4.78 is 6.65. The molecule has 0 bridgehead atoms. The van der Waals surface area contributed by atoms with Gasteiger partial charge in [-0.25, -0.2) is 0 Å². The average molecular weight is 296 g/mol. The largest absolute Gasteiger partial charge is 0.339 e. The summed E-state index contributed by atoms with van der Waals surface area (Å²) in [5.74, 6) is 1.17. The number of amides is 1. The van der Waals surface area contributed by atoms with E-state index in [1.54, 1.807) is 20.2 Å². The number of nitrogens with zero attached hydrogens (tertiary/aromatic N) is 4. The summed E-state index contributed by atoms with van der Waals surface area (Å²) in [6, 6.07) is -0.388. The minimum absolute atomic E-state index is 0.183. The van der Waals surface area contributed by atoms with Crippen molar-refractivity contribution in [3.8, 4) is 0 Å². The molecule has 1 atom stereocenters. The van der Waals surface area contributed by atoms with Crippen molar-refractivity contribution < 1.29 is 9.32 Å². The Morgan fingerprint density at radius 1 is 1.60 bits per heavy atom. The van der Waals surface area contributed by atoms with Crippen LogP contribution in [0, 0.1) is 0 Å². The Labute approximate surface area is 120 Å². The van der Waals surface area contributed by atoms with Gasteiger partial charge in [-0.1, -0.05) is 16.8 Å². The molecular formula is C12H14ClN5O2. The quantitative estimate of drug-likeness (QED) is 0.930. The number of hydrogen-bond acceptors (Lipinski definition) is 5. The van der Waals surface area contributed by atoms with Gasteiger partial charge >= 0.3 is 0 Å². The van der Waals surface area contributed by atoms with Crippen molar-refractivity contribution >= 4 is 17.5 Å². The van der Waals surface area contributed by atoms with Gasteiger partial charge in [-0.2, -0.15) is 10.1 Å². The predicted octanol–water partition coefficient (Wildman–Crippen LogP) is 1.82. The maximum atomic E-state index is 12.1. The predicted molar refractivity (Wildman–Crippen MR) is 70.4 cm³/mol. The van der Waals surface area contributed by atoms with Gasteiger partial charge in [0, 0.05) is 19.2 Å². The van der Waals surface area contributed by atoms with Crippen LogP contribution in [0.2, 0.25) is 5.02 Å². The molecule has 1 N–H and O–H groups in total. The second-order valence-electron chi connectivity index (χ2n) is 4.96. The van der Waals surface area contributed by atoms with Gasteiger partial charge in [0.05, 0.1) is 5.02 Å². The highest BCUT2D eigenvalue weighted by Gasteiger charge is 2.30. The van der Waals surface area contributed by atoms with Crippen LogP contribution in [0.5, 0.6) is 0 Å². The molecule has 106 valence electrons. The van der Waals surface area contributed by atoms with Crippen LogP contribution in [0.4, 0.5) is 0 Å². The van der Waals surface area contributed by atoms with Gasteiger partial charge in [-0.05, 0) is 19.8 Å². The number of rotatable bonds is 4. The Bertz CT molecular complexity index is 646. The molecule has 20 heavy (non-hydrogen) atoms. The molecule has 1 amide bonds. The van der Waals surface area contributed by atoms with Crippen molar-refractivity contribution in [3.05, 3.63) is 28.6 Å². The van der Waals surface area contributed by atoms with Gasteiger partial charge < -0.3 is 9.84 Å².